The number of carbonyl (C=O) groups is 1. The number of aromatic nitrogens is 2. The van der Waals surface area contributed by atoms with Crippen molar-refractivity contribution in [3.63, 3.8) is 0 Å². The lowest BCUT2D eigenvalue weighted by molar-refractivity contribution is 0.0222. The number of aromatic hydroxyl groups is 1. The van der Waals surface area contributed by atoms with Crippen molar-refractivity contribution in [1.29, 1.82) is 0 Å². The van der Waals surface area contributed by atoms with E-state index < -0.39 is 5.60 Å². The fourth-order valence-electron chi connectivity index (χ4n) is 2.55. The normalized spacial score (nSPS) is 14.2. The number of fused-ring (bicyclic) bond motifs is 1. The molecule has 2 aromatic rings. The van der Waals surface area contributed by atoms with Crippen molar-refractivity contribution in [3.8, 4) is 17.1 Å². The maximum Gasteiger partial charge on any atom is 0.410 e. The second kappa shape index (κ2) is 6.11. The Morgan fingerprint density at radius 3 is 2.62 bits per heavy atom. The smallest absolute Gasteiger partial charge is 0.410 e. The van der Waals surface area contributed by atoms with Gasteiger partial charge in [-0.1, -0.05) is 0 Å². The van der Waals surface area contributed by atoms with Crippen LogP contribution in [0.4, 0.5) is 4.79 Å². The van der Waals surface area contributed by atoms with Crippen molar-refractivity contribution in [3.05, 3.63) is 41.7 Å². The first kappa shape index (κ1) is 16.2. The second-order valence-electron chi connectivity index (χ2n) is 6.86. The summed E-state index contributed by atoms with van der Waals surface area (Å²) in [5.41, 5.74) is 2.24. The van der Waals surface area contributed by atoms with Gasteiger partial charge in [-0.2, -0.15) is 0 Å². The van der Waals surface area contributed by atoms with Gasteiger partial charge in [0.2, 0.25) is 0 Å². The molecule has 6 nitrogen and oxygen atoms in total. The highest BCUT2D eigenvalue weighted by molar-refractivity contribution is 5.68. The molecule has 1 aliphatic rings. The third kappa shape index (κ3) is 3.64. The molecule has 126 valence electrons. The summed E-state index contributed by atoms with van der Waals surface area (Å²) >= 11 is 0. The van der Waals surface area contributed by atoms with Crippen LogP contribution in [0.2, 0.25) is 0 Å². The number of phenols is 1. The lowest BCUT2D eigenvalue weighted by Crippen LogP contribution is -2.40. The van der Waals surface area contributed by atoms with Crippen LogP contribution in [0, 0.1) is 0 Å². The van der Waals surface area contributed by atoms with E-state index >= 15 is 0 Å². The summed E-state index contributed by atoms with van der Waals surface area (Å²) in [6.07, 6.45) is 2.12. The molecule has 24 heavy (non-hydrogen) atoms. The summed E-state index contributed by atoms with van der Waals surface area (Å²) in [6.45, 7) is 6.61. The van der Waals surface area contributed by atoms with Crippen LogP contribution in [0.5, 0.6) is 5.75 Å². The molecule has 1 aliphatic heterocycles. The molecule has 1 amide bonds. The molecule has 0 fully saturated rings. The van der Waals surface area contributed by atoms with Crippen molar-refractivity contribution in [2.45, 2.75) is 39.3 Å². The molecule has 0 bridgehead atoms. The summed E-state index contributed by atoms with van der Waals surface area (Å²) in [6, 6.07) is 6.80. The molecule has 2 heterocycles. The highest BCUT2D eigenvalue weighted by atomic mass is 16.6. The molecule has 0 saturated carbocycles. The quantitative estimate of drug-likeness (QED) is 0.871. The van der Waals surface area contributed by atoms with Crippen LogP contribution in [-0.4, -0.2) is 38.2 Å². The largest absolute Gasteiger partial charge is 0.508 e. The van der Waals surface area contributed by atoms with E-state index in [0.717, 1.165) is 16.8 Å². The Bertz CT molecular complexity index is 751. The number of ether oxygens (including phenoxy) is 1. The van der Waals surface area contributed by atoms with Crippen LogP contribution in [0.25, 0.3) is 11.4 Å². The summed E-state index contributed by atoms with van der Waals surface area (Å²) < 4.78 is 5.42. The van der Waals surface area contributed by atoms with Gasteiger partial charge in [-0.25, -0.2) is 14.8 Å². The zero-order valence-electron chi connectivity index (χ0n) is 14.1. The van der Waals surface area contributed by atoms with Gasteiger partial charge in [-0.3, -0.25) is 0 Å². The first-order chi connectivity index (χ1) is 11.3. The van der Waals surface area contributed by atoms with Gasteiger partial charge in [0.25, 0.3) is 0 Å². The van der Waals surface area contributed by atoms with Crippen molar-refractivity contribution in [2.24, 2.45) is 0 Å². The minimum absolute atomic E-state index is 0.213. The predicted molar refractivity (Wildman–Crippen MR) is 89.5 cm³/mol. The Hall–Kier alpha value is -2.63. The van der Waals surface area contributed by atoms with E-state index in [0.29, 0.717) is 25.3 Å². The Kier molecular flexibility index (Phi) is 4.13. The molecule has 1 aromatic carbocycles. The Labute approximate surface area is 141 Å². The van der Waals surface area contributed by atoms with Gasteiger partial charge in [0.15, 0.2) is 5.82 Å². The number of carbonyl (C=O) groups excluding carboxylic acids is 1. The zero-order chi connectivity index (χ0) is 17.3. The van der Waals surface area contributed by atoms with Crippen LogP contribution in [0.1, 0.15) is 32.0 Å². The average Bonchev–Trinajstić information content (AvgIpc) is 2.53. The first-order valence-electron chi connectivity index (χ1n) is 7.94. The molecular formula is C18H21N3O3. The number of rotatable bonds is 1. The molecule has 0 saturated heterocycles. The van der Waals surface area contributed by atoms with Crippen LogP contribution >= 0.6 is 0 Å². The lowest BCUT2D eigenvalue weighted by Gasteiger charge is -2.30. The average molecular weight is 327 g/mol. The van der Waals surface area contributed by atoms with E-state index in [4.69, 9.17) is 4.74 Å². The van der Waals surface area contributed by atoms with E-state index in [1.807, 2.05) is 20.8 Å². The molecule has 0 atom stereocenters. The van der Waals surface area contributed by atoms with Crippen molar-refractivity contribution >= 4 is 6.09 Å². The number of benzene rings is 1. The third-order valence-electron chi connectivity index (χ3n) is 3.71. The minimum Gasteiger partial charge on any atom is -0.508 e. The Morgan fingerprint density at radius 1 is 1.25 bits per heavy atom. The van der Waals surface area contributed by atoms with Crippen molar-refractivity contribution in [1.82, 2.24) is 14.9 Å². The van der Waals surface area contributed by atoms with Gasteiger partial charge < -0.3 is 14.7 Å². The number of hydrogen-bond acceptors (Lipinski definition) is 5. The standard InChI is InChI=1S/C18H21N3O3/c1-18(2,3)24-17(23)21-9-8-15-13(11-21)10-19-16(20-15)12-4-6-14(22)7-5-12/h4-7,10,22H,8-9,11H2,1-3H3. The van der Waals surface area contributed by atoms with E-state index in [1.165, 1.54) is 0 Å². The first-order valence-corrected chi connectivity index (χ1v) is 7.94. The number of phenolic OH excluding ortho intramolecular Hbond substituents is 1. The maximum absolute atomic E-state index is 12.2. The SMILES string of the molecule is CC(C)(C)OC(=O)N1CCc2nc(-c3ccc(O)cc3)ncc2C1. The van der Waals surface area contributed by atoms with Gasteiger partial charge in [-0.05, 0) is 45.0 Å². The molecule has 1 aromatic heterocycles. The molecule has 0 spiro atoms. The minimum atomic E-state index is -0.503. The van der Waals surface area contributed by atoms with Crippen molar-refractivity contribution < 1.29 is 14.6 Å². The van der Waals surface area contributed by atoms with Gasteiger partial charge >= 0.3 is 6.09 Å². The molecule has 6 heteroatoms. The zero-order valence-corrected chi connectivity index (χ0v) is 14.1. The number of amides is 1. The van der Waals surface area contributed by atoms with Crippen molar-refractivity contribution in [2.75, 3.05) is 6.54 Å². The highest BCUT2D eigenvalue weighted by Crippen LogP contribution is 2.23. The van der Waals surface area contributed by atoms with Gasteiger partial charge in [0.05, 0.1) is 12.2 Å². The van der Waals surface area contributed by atoms with E-state index in [2.05, 4.69) is 9.97 Å². The predicted octanol–water partition coefficient (Wildman–Crippen LogP) is 3.14. The molecule has 1 N–H and O–H groups in total. The van der Waals surface area contributed by atoms with Gasteiger partial charge in [0.1, 0.15) is 11.4 Å². The fraction of sp³-hybridized carbons (Fsp3) is 0.389. The second-order valence-corrected chi connectivity index (χ2v) is 6.86. The maximum atomic E-state index is 12.2. The third-order valence-corrected chi connectivity index (χ3v) is 3.71. The van der Waals surface area contributed by atoms with Gasteiger partial charge in [0, 0.05) is 30.3 Å². The van der Waals surface area contributed by atoms with Gasteiger partial charge in [-0.15, -0.1) is 0 Å². The Balaban J connectivity index is 1.77. The highest BCUT2D eigenvalue weighted by Gasteiger charge is 2.26. The summed E-state index contributed by atoms with van der Waals surface area (Å²) in [4.78, 5) is 22.9. The molecule has 0 aliphatic carbocycles. The molecule has 3 rings (SSSR count). The number of hydrogen-bond donors (Lipinski definition) is 1. The molecule has 0 radical (unpaired) electrons. The van der Waals surface area contributed by atoms with Crippen LogP contribution < -0.4 is 0 Å². The van der Waals surface area contributed by atoms with E-state index in [9.17, 15) is 9.90 Å². The van der Waals surface area contributed by atoms with E-state index in [1.54, 1.807) is 35.4 Å². The molecule has 0 unspecified atom stereocenters. The lowest BCUT2D eigenvalue weighted by atomic mass is 10.1. The topological polar surface area (TPSA) is 75.5 Å². The van der Waals surface area contributed by atoms with Crippen LogP contribution in [0.15, 0.2) is 30.5 Å². The monoisotopic (exact) mass is 327 g/mol. The summed E-state index contributed by atoms with van der Waals surface area (Å²) in [7, 11) is 0. The van der Waals surface area contributed by atoms with E-state index in [-0.39, 0.29) is 11.8 Å². The number of nitrogens with zero attached hydrogens (tertiary/aromatic N) is 3. The molecular weight excluding hydrogens is 306 g/mol. The summed E-state index contributed by atoms with van der Waals surface area (Å²) in [5, 5.41) is 9.37. The summed E-state index contributed by atoms with van der Waals surface area (Å²) in [5.74, 6) is 0.837. The Morgan fingerprint density at radius 2 is 1.96 bits per heavy atom. The fourth-order valence-corrected chi connectivity index (χ4v) is 2.55. The van der Waals surface area contributed by atoms with Crippen LogP contribution in [-0.2, 0) is 17.7 Å². The van der Waals surface area contributed by atoms with Crippen LogP contribution in [0.3, 0.4) is 0 Å².